The first-order chi connectivity index (χ1) is 16.3. The van der Waals surface area contributed by atoms with E-state index in [0.29, 0.717) is 52.0 Å². The lowest BCUT2D eigenvalue weighted by atomic mass is 9.80. The van der Waals surface area contributed by atoms with Gasteiger partial charge in [-0.1, -0.05) is 51.9 Å². The molecule has 0 aromatic rings. The summed E-state index contributed by atoms with van der Waals surface area (Å²) in [5.41, 5.74) is -1.42. The Labute approximate surface area is 203 Å². The summed E-state index contributed by atoms with van der Waals surface area (Å²) < 4.78 is 5.33. The summed E-state index contributed by atoms with van der Waals surface area (Å²) in [6, 6.07) is -1.17. The van der Waals surface area contributed by atoms with Crippen LogP contribution in [0.1, 0.15) is 90.9 Å². The zero-order valence-electron chi connectivity index (χ0n) is 20.9. The second kappa shape index (κ2) is 12.0. The van der Waals surface area contributed by atoms with E-state index in [0.717, 1.165) is 51.4 Å². The molecule has 3 aliphatic rings. The number of nitrogens with one attached hydrogen (secondary N) is 3. The first-order valence-corrected chi connectivity index (χ1v) is 13.1. The predicted molar refractivity (Wildman–Crippen MR) is 128 cm³/mol. The zero-order chi connectivity index (χ0) is 24.6. The van der Waals surface area contributed by atoms with Gasteiger partial charge in [-0.15, -0.1) is 0 Å². The summed E-state index contributed by atoms with van der Waals surface area (Å²) in [6.07, 6.45) is 9.43. The molecule has 1 atom stereocenters. The zero-order valence-corrected chi connectivity index (χ0v) is 20.9. The fourth-order valence-electron chi connectivity index (χ4n) is 5.36. The van der Waals surface area contributed by atoms with Crippen molar-refractivity contribution in [3.05, 3.63) is 0 Å². The lowest BCUT2D eigenvalue weighted by Crippen LogP contribution is -2.65. The molecule has 1 saturated heterocycles. The van der Waals surface area contributed by atoms with Crippen molar-refractivity contribution in [2.75, 3.05) is 26.3 Å². The van der Waals surface area contributed by atoms with Gasteiger partial charge in [0, 0.05) is 18.6 Å². The van der Waals surface area contributed by atoms with E-state index in [1.54, 1.807) is 4.90 Å². The third-order valence-corrected chi connectivity index (χ3v) is 7.60. The maximum Gasteiger partial charge on any atom is 0.318 e. The number of urea groups is 1. The minimum absolute atomic E-state index is 0.274. The van der Waals surface area contributed by atoms with Crippen LogP contribution in [0, 0.1) is 0 Å². The Morgan fingerprint density at radius 3 is 2.15 bits per heavy atom. The highest BCUT2D eigenvalue weighted by molar-refractivity contribution is 6.38. The average molecular weight is 479 g/mol. The van der Waals surface area contributed by atoms with Crippen molar-refractivity contribution in [3.63, 3.8) is 0 Å². The number of morpholine rings is 1. The van der Waals surface area contributed by atoms with Crippen LogP contribution >= 0.6 is 0 Å². The molecule has 3 rings (SSSR count). The molecule has 0 aromatic carbocycles. The Bertz CT molecular complexity index is 738. The summed E-state index contributed by atoms with van der Waals surface area (Å²) in [7, 11) is 0. The third kappa shape index (κ3) is 6.71. The van der Waals surface area contributed by atoms with Crippen molar-refractivity contribution in [2.24, 2.45) is 0 Å². The number of carbonyl (C=O) groups excluding carboxylic acids is 4. The monoisotopic (exact) mass is 478 g/mol. The molecular formula is C25H42N4O5. The molecule has 1 unspecified atom stereocenters. The van der Waals surface area contributed by atoms with Gasteiger partial charge in [0.15, 0.2) is 0 Å². The highest BCUT2D eigenvalue weighted by Gasteiger charge is 2.44. The highest BCUT2D eigenvalue weighted by atomic mass is 16.5. The molecule has 34 heavy (non-hydrogen) atoms. The van der Waals surface area contributed by atoms with Crippen LogP contribution < -0.4 is 16.0 Å². The van der Waals surface area contributed by atoms with Crippen molar-refractivity contribution >= 4 is 23.6 Å². The molecule has 3 N–H and O–H groups in total. The van der Waals surface area contributed by atoms with Crippen LogP contribution in [0.4, 0.5) is 4.79 Å². The van der Waals surface area contributed by atoms with Crippen LogP contribution in [0.5, 0.6) is 0 Å². The number of hydrogen-bond acceptors (Lipinski definition) is 5. The lowest BCUT2D eigenvalue weighted by molar-refractivity contribution is -0.142. The third-order valence-electron chi connectivity index (χ3n) is 7.60. The van der Waals surface area contributed by atoms with Crippen LogP contribution in [0.2, 0.25) is 0 Å². The molecule has 0 spiro atoms. The fraction of sp³-hybridized carbons (Fsp3) is 0.840. The Morgan fingerprint density at radius 1 is 0.912 bits per heavy atom. The molecule has 3 fully saturated rings. The smallest absolute Gasteiger partial charge is 0.318 e. The molecule has 0 bridgehead atoms. The number of unbranched alkanes of at least 4 members (excludes halogenated alkanes) is 1. The molecule has 0 aromatic heterocycles. The maximum absolute atomic E-state index is 13.6. The highest BCUT2D eigenvalue weighted by Crippen LogP contribution is 2.30. The molecule has 192 valence electrons. The summed E-state index contributed by atoms with van der Waals surface area (Å²) >= 11 is 0. The molecule has 2 saturated carbocycles. The number of hydrogen-bond donors (Lipinski definition) is 3. The molecule has 2 aliphatic carbocycles. The number of carbonyl (C=O) groups is 4. The van der Waals surface area contributed by atoms with Crippen molar-refractivity contribution in [2.45, 2.75) is 108 Å². The van der Waals surface area contributed by atoms with Gasteiger partial charge >= 0.3 is 6.03 Å². The summed E-state index contributed by atoms with van der Waals surface area (Å²) in [5.74, 6) is -1.58. The minimum Gasteiger partial charge on any atom is -0.378 e. The Hall–Kier alpha value is -2.16. The van der Waals surface area contributed by atoms with Crippen LogP contribution in [0.25, 0.3) is 0 Å². The Balaban J connectivity index is 1.70. The van der Waals surface area contributed by atoms with Gasteiger partial charge in [0.05, 0.1) is 19.3 Å². The number of nitrogens with zero attached hydrogens (tertiary/aromatic N) is 1. The second-order valence-electron chi connectivity index (χ2n) is 10.4. The first kappa shape index (κ1) is 26.4. The molecule has 9 nitrogen and oxygen atoms in total. The van der Waals surface area contributed by atoms with E-state index in [9.17, 15) is 19.2 Å². The van der Waals surface area contributed by atoms with E-state index >= 15 is 0 Å². The largest absolute Gasteiger partial charge is 0.378 e. The van der Waals surface area contributed by atoms with Crippen LogP contribution in [-0.2, 0) is 19.1 Å². The van der Waals surface area contributed by atoms with Crippen molar-refractivity contribution in [1.29, 1.82) is 0 Å². The van der Waals surface area contributed by atoms with Crippen molar-refractivity contribution in [1.82, 2.24) is 20.9 Å². The van der Waals surface area contributed by atoms with Gasteiger partial charge < -0.3 is 25.6 Å². The number of ketones is 1. The van der Waals surface area contributed by atoms with Crippen LogP contribution in [0.3, 0.4) is 0 Å². The number of rotatable bonds is 9. The Morgan fingerprint density at radius 2 is 1.53 bits per heavy atom. The molecule has 0 radical (unpaired) electrons. The Kier molecular flexibility index (Phi) is 9.33. The van der Waals surface area contributed by atoms with Gasteiger partial charge in [0.25, 0.3) is 5.91 Å². The van der Waals surface area contributed by atoms with Gasteiger partial charge in [-0.2, -0.15) is 0 Å². The van der Waals surface area contributed by atoms with E-state index in [4.69, 9.17) is 4.74 Å². The van der Waals surface area contributed by atoms with E-state index < -0.39 is 23.3 Å². The lowest BCUT2D eigenvalue weighted by Gasteiger charge is -2.39. The van der Waals surface area contributed by atoms with E-state index in [1.165, 1.54) is 0 Å². The van der Waals surface area contributed by atoms with Crippen LogP contribution in [0.15, 0.2) is 0 Å². The first-order valence-electron chi connectivity index (χ1n) is 13.1. The summed E-state index contributed by atoms with van der Waals surface area (Å²) in [5, 5.41) is 8.81. The minimum atomic E-state index is -1.06. The number of amides is 4. The van der Waals surface area contributed by atoms with Gasteiger partial charge in [-0.05, 0) is 39.0 Å². The molecule has 1 aliphatic heterocycles. The molecule has 9 heteroatoms. The quantitative estimate of drug-likeness (QED) is 0.440. The molecule has 4 amide bonds. The predicted octanol–water partition coefficient (Wildman–Crippen LogP) is 2.42. The van der Waals surface area contributed by atoms with Crippen molar-refractivity contribution in [3.8, 4) is 0 Å². The maximum atomic E-state index is 13.6. The van der Waals surface area contributed by atoms with Gasteiger partial charge in [-0.25, -0.2) is 4.79 Å². The van der Waals surface area contributed by atoms with Gasteiger partial charge in [-0.3, -0.25) is 14.4 Å². The van der Waals surface area contributed by atoms with Gasteiger partial charge in [0.2, 0.25) is 11.7 Å². The summed E-state index contributed by atoms with van der Waals surface area (Å²) in [4.78, 5) is 54.2. The topological polar surface area (TPSA) is 117 Å². The van der Waals surface area contributed by atoms with Crippen molar-refractivity contribution < 1.29 is 23.9 Å². The standard InChI is InChI=1S/C25H42N4O5/c1-3-4-10-19(20(30)21(31)27-24(2)11-8-9-12-24)26-22(32)25(13-6-5-7-14-25)28-23(33)29-15-17-34-18-16-29/h19H,3-18H2,1-2H3,(H,26,32)(H,27,31)(H,28,33). The fourth-order valence-corrected chi connectivity index (χ4v) is 5.36. The number of Topliss-reactive ketones (excluding diaryl/α,β-unsaturated/α-hetero) is 1. The van der Waals surface area contributed by atoms with E-state index in [2.05, 4.69) is 16.0 Å². The summed E-state index contributed by atoms with van der Waals surface area (Å²) in [6.45, 7) is 5.92. The SMILES string of the molecule is CCCCC(NC(=O)C1(NC(=O)N2CCOCC2)CCCCC1)C(=O)C(=O)NC1(C)CCCC1. The van der Waals surface area contributed by atoms with E-state index in [-0.39, 0.29) is 17.5 Å². The normalized spacial score (nSPS) is 22.5. The van der Waals surface area contributed by atoms with Crippen LogP contribution in [-0.4, -0.2) is 72.0 Å². The number of ether oxygens (including phenoxy) is 1. The van der Waals surface area contributed by atoms with Gasteiger partial charge in [0.1, 0.15) is 5.54 Å². The van der Waals surface area contributed by atoms with E-state index in [1.807, 2.05) is 13.8 Å². The average Bonchev–Trinajstić information content (AvgIpc) is 3.27. The molecular weight excluding hydrogens is 436 g/mol. The second-order valence-corrected chi connectivity index (χ2v) is 10.4. The molecule has 1 heterocycles.